The van der Waals surface area contributed by atoms with Gasteiger partial charge < -0.3 is 0 Å². The van der Waals surface area contributed by atoms with E-state index in [1.54, 1.807) is 28.6 Å². The largest absolute Gasteiger partial charge is 0.283 e. The number of nitrogens with zero attached hydrogens (tertiary/aromatic N) is 3. The van der Waals surface area contributed by atoms with E-state index in [-0.39, 0.29) is 5.91 Å². The van der Waals surface area contributed by atoms with Crippen LogP contribution >= 0.6 is 11.3 Å². The number of pyridine rings is 1. The van der Waals surface area contributed by atoms with E-state index in [9.17, 15) is 4.79 Å². The van der Waals surface area contributed by atoms with Gasteiger partial charge in [0.25, 0.3) is 0 Å². The molecule has 1 amide bonds. The van der Waals surface area contributed by atoms with Crippen molar-refractivity contribution in [3.05, 3.63) is 102 Å². The zero-order chi connectivity index (χ0) is 21.2. The summed E-state index contributed by atoms with van der Waals surface area (Å²) >= 11 is 1.55. The van der Waals surface area contributed by atoms with Gasteiger partial charge in [-0.15, -0.1) is 0 Å². The normalized spacial score (nSPS) is 11.1. The monoisotopic (exact) mass is 423 g/mol. The van der Waals surface area contributed by atoms with Gasteiger partial charge >= 0.3 is 0 Å². The highest BCUT2D eigenvalue weighted by molar-refractivity contribution is 7.22. The molecule has 3 aromatic carbocycles. The second-order valence-corrected chi connectivity index (χ2v) is 8.68. The van der Waals surface area contributed by atoms with Gasteiger partial charge in [-0.2, -0.15) is 0 Å². The first kappa shape index (κ1) is 19.4. The molecule has 31 heavy (non-hydrogen) atoms. The number of aryl methyl sites for hydroxylation is 1. The SMILES string of the molecule is Cc1ccc2nc(N(Cc3cccnc3)C(=O)Cc3ccc4ccccc4c3)sc2c1. The van der Waals surface area contributed by atoms with E-state index >= 15 is 0 Å². The lowest BCUT2D eigenvalue weighted by atomic mass is 10.0. The molecule has 0 fully saturated rings. The van der Waals surface area contributed by atoms with Crippen LogP contribution in [0, 0.1) is 6.92 Å². The topological polar surface area (TPSA) is 46.1 Å². The Balaban J connectivity index is 1.49. The first-order valence-electron chi connectivity index (χ1n) is 10.2. The van der Waals surface area contributed by atoms with Gasteiger partial charge in [-0.1, -0.05) is 65.9 Å². The number of hydrogen-bond acceptors (Lipinski definition) is 4. The number of benzene rings is 3. The van der Waals surface area contributed by atoms with Gasteiger partial charge in [-0.25, -0.2) is 4.98 Å². The maximum absolute atomic E-state index is 13.5. The van der Waals surface area contributed by atoms with Gasteiger partial charge in [-0.3, -0.25) is 14.7 Å². The molecule has 2 heterocycles. The van der Waals surface area contributed by atoms with Crippen molar-refractivity contribution in [2.24, 2.45) is 0 Å². The van der Waals surface area contributed by atoms with Gasteiger partial charge in [0.05, 0.1) is 23.2 Å². The van der Waals surface area contributed by atoms with Gasteiger partial charge in [0.2, 0.25) is 5.91 Å². The summed E-state index contributed by atoms with van der Waals surface area (Å²) in [6, 6.07) is 24.5. The van der Waals surface area contributed by atoms with Gasteiger partial charge in [0.1, 0.15) is 0 Å². The molecule has 2 aromatic heterocycles. The van der Waals surface area contributed by atoms with E-state index in [0.717, 1.165) is 31.9 Å². The summed E-state index contributed by atoms with van der Waals surface area (Å²) in [5.41, 5.74) is 4.07. The number of hydrogen-bond donors (Lipinski definition) is 0. The number of anilines is 1. The summed E-state index contributed by atoms with van der Waals surface area (Å²) in [5, 5.41) is 3.03. The zero-order valence-corrected chi connectivity index (χ0v) is 18.0. The van der Waals surface area contributed by atoms with Crippen molar-refractivity contribution in [3.8, 4) is 0 Å². The average Bonchev–Trinajstić information content (AvgIpc) is 3.20. The second-order valence-electron chi connectivity index (χ2n) is 7.67. The molecule has 0 aliphatic rings. The average molecular weight is 424 g/mol. The minimum Gasteiger partial charge on any atom is -0.283 e. The summed E-state index contributed by atoms with van der Waals surface area (Å²) in [6.45, 7) is 2.51. The Labute approximate surface area is 184 Å². The first-order valence-corrected chi connectivity index (χ1v) is 11.0. The van der Waals surface area contributed by atoms with E-state index in [0.29, 0.717) is 13.0 Å². The zero-order valence-electron chi connectivity index (χ0n) is 17.2. The number of rotatable bonds is 5. The maximum atomic E-state index is 13.5. The van der Waals surface area contributed by atoms with Crippen molar-refractivity contribution in [2.45, 2.75) is 19.9 Å². The van der Waals surface area contributed by atoms with Crippen LogP contribution in [0.25, 0.3) is 21.0 Å². The van der Waals surface area contributed by atoms with Gasteiger partial charge in [-0.05, 0) is 52.6 Å². The fourth-order valence-electron chi connectivity index (χ4n) is 3.69. The summed E-state index contributed by atoms with van der Waals surface area (Å²) in [7, 11) is 0. The van der Waals surface area contributed by atoms with E-state index in [2.05, 4.69) is 42.2 Å². The molecular weight excluding hydrogens is 402 g/mol. The van der Waals surface area contributed by atoms with Crippen molar-refractivity contribution < 1.29 is 4.79 Å². The van der Waals surface area contributed by atoms with Crippen LogP contribution in [-0.4, -0.2) is 15.9 Å². The minimum absolute atomic E-state index is 0.0231. The van der Waals surface area contributed by atoms with Crippen LogP contribution in [0.4, 0.5) is 5.13 Å². The lowest BCUT2D eigenvalue weighted by molar-refractivity contribution is -0.118. The Morgan fingerprint density at radius 3 is 2.65 bits per heavy atom. The predicted molar refractivity (Wildman–Crippen MR) is 127 cm³/mol. The summed E-state index contributed by atoms with van der Waals surface area (Å²) < 4.78 is 1.09. The van der Waals surface area contributed by atoms with E-state index in [1.807, 2.05) is 42.5 Å². The van der Waals surface area contributed by atoms with Crippen LogP contribution in [0.2, 0.25) is 0 Å². The van der Waals surface area contributed by atoms with Gasteiger partial charge in [0, 0.05) is 12.4 Å². The van der Waals surface area contributed by atoms with Crippen LogP contribution in [-0.2, 0) is 17.8 Å². The van der Waals surface area contributed by atoms with Crippen LogP contribution in [0.1, 0.15) is 16.7 Å². The molecule has 0 N–H and O–H groups in total. The Kier molecular flexibility index (Phi) is 5.18. The Bertz CT molecular complexity index is 1380. The summed E-state index contributed by atoms with van der Waals surface area (Å²) in [6.07, 6.45) is 3.86. The molecule has 0 spiro atoms. The molecule has 4 nitrogen and oxygen atoms in total. The fourth-order valence-corrected chi connectivity index (χ4v) is 4.77. The fraction of sp³-hybridized carbons (Fsp3) is 0.115. The number of carbonyl (C=O) groups excluding carboxylic acids is 1. The van der Waals surface area contributed by atoms with Crippen molar-refractivity contribution in [2.75, 3.05) is 4.90 Å². The molecule has 5 heteroatoms. The molecule has 0 bridgehead atoms. The number of amides is 1. The third kappa shape index (κ3) is 4.18. The molecule has 0 radical (unpaired) electrons. The highest BCUT2D eigenvalue weighted by Crippen LogP contribution is 2.31. The quantitative estimate of drug-likeness (QED) is 0.352. The molecule has 0 aliphatic heterocycles. The lowest BCUT2D eigenvalue weighted by Gasteiger charge is -2.20. The third-order valence-corrected chi connectivity index (χ3v) is 6.34. The minimum atomic E-state index is 0.0231. The number of aromatic nitrogens is 2. The predicted octanol–water partition coefficient (Wildman–Crippen LogP) is 5.93. The number of thiazole rings is 1. The smallest absolute Gasteiger partial charge is 0.233 e. The number of fused-ring (bicyclic) bond motifs is 2. The molecule has 0 atom stereocenters. The molecule has 5 aromatic rings. The Morgan fingerprint density at radius 2 is 1.81 bits per heavy atom. The van der Waals surface area contributed by atoms with Crippen molar-refractivity contribution in [1.29, 1.82) is 0 Å². The van der Waals surface area contributed by atoms with Crippen LogP contribution in [0.3, 0.4) is 0 Å². The van der Waals surface area contributed by atoms with Crippen molar-refractivity contribution in [3.63, 3.8) is 0 Å². The molecule has 5 rings (SSSR count). The molecule has 0 unspecified atom stereocenters. The Hall–Kier alpha value is -3.57. The van der Waals surface area contributed by atoms with Gasteiger partial charge in [0.15, 0.2) is 5.13 Å². The Morgan fingerprint density at radius 1 is 0.935 bits per heavy atom. The summed E-state index contributed by atoms with van der Waals surface area (Å²) in [5.74, 6) is 0.0231. The molecule has 0 saturated heterocycles. The van der Waals surface area contributed by atoms with E-state index in [4.69, 9.17) is 4.98 Å². The highest BCUT2D eigenvalue weighted by Gasteiger charge is 2.21. The molecule has 0 saturated carbocycles. The lowest BCUT2D eigenvalue weighted by Crippen LogP contribution is -2.31. The van der Waals surface area contributed by atoms with Crippen molar-refractivity contribution in [1.82, 2.24) is 9.97 Å². The maximum Gasteiger partial charge on any atom is 0.233 e. The van der Waals surface area contributed by atoms with Crippen LogP contribution in [0.5, 0.6) is 0 Å². The highest BCUT2D eigenvalue weighted by atomic mass is 32.1. The van der Waals surface area contributed by atoms with Crippen LogP contribution in [0.15, 0.2) is 85.2 Å². The van der Waals surface area contributed by atoms with E-state index in [1.165, 1.54) is 10.9 Å². The van der Waals surface area contributed by atoms with Crippen molar-refractivity contribution >= 4 is 43.4 Å². The third-order valence-electron chi connectivity index (χ3n) is 5.30. The molecule has 0 aliphatic carbocycles. The van der Waals surface area contributed by atoms with E-state index < -0.39 is 0 Å². The second kappa shape index (κ2) is 8.28. The standard InChI is InChI=1S/C26H21N3OS/c1-18-8-11-23-24(13-18)31-26(28-23)29(17-20-5-4-12-27-16-20)25(30)15-19-9-10-21-6-2-3-7-22(21)14-19/h2-14,16H,15,17H2,1H3. The molecule has 152 valence electrons. The number of carbonyl (C=O) groups is 1. The molecular formula is C26H21N3OS. The first-order chi connectivity index (χ1) is 15.2. The van der Waals surface area contributed by atoms with Crippen LogP contribution < -0.4 is 4.90 Å². The summed E-state index contributed by atoms with van der Waals surface area (Å²) in [4.78, 5) is 24.2.